The molecule has 2 amide bonds. The molecule has 1 unspecified atom stereocenters. The van der Waals surface area contributed by atoms with Crippen LogP contribution in [0.15, 0.2) is 47.0 Å². The van der Waals surface area contributed by atoms with Gasteiger partial charge in [0.15, 0.2) is 5.58 Å². The van der Waals surface area contributed by atoms with Gasteiger partial charge in [0, 0.05) is 5.39 Å². The van der Waals surface area contributed by atoms with Crippen molar-refractivity contribution >= 4 is 33.9 Å². The smallest absolute Gasteiger partial charge is 0.286 e. The number of nitrogens with zero attached hydrogens (tertiary/aromatic N) is 1. The van der Waals surface area contributed by atoms with Crippen molar-refractivity contribution in [3.05, 3.63) is 65.1 Å². The third kappa shape index (κ3) is 3.35. The Balaban J connectivity index is 1.54. The number of thioether (sulfide) groups is 1. The van der Waals surface area contributed by atoms with Gasteiger partial charge in [0.05, 0.1) is 10.9 Å². The van der Waals surface area contributed by atoms with E-state index in [1.807, 2.05) is 24.3 Å². The highest BCUT2D eigenvalue weighted by Crippen LogP contribution is 2.26. The fourth-order valence-electron chi connectivity index (χ4n) is 3.04. The van der Waals surface area contributed by atoms with E-state index in [0.717, 1.165) is 28.4 Å². The molecule has 0 aliphatic carbocycles. The van der Waals surface area contributed by atoms with E-state index in [1.165, 1.54) is 6.07 Å². The molecule has 2 aromatic carbocycles. The number of amides is 2. The Labute approximate surface area is 152 Å². The maximum absolute atomic E-state index is 13.8. The van der Waals surface area contributed by atoms with Gasteiger partial charge in [-0.2, -0.15) is 0 Å². The second kappa shape index (κ2) is 6.92. The summed E-state index contributed by atoms with van der Waals surface area (Å²) in [5, 5.41) is 6.53. The highest BCUT2D eigenvalue weighted by atomic mass is 32.2. The molecular formula is C19H15FN2O3S. The van der Waals surface area contributed by atoms with Crippen molar-refractivity contribution in [1.82, 2.24) is 10.5 Å². The van der Waals surface area contributed by atoms with Crippen LogP contribution >= 0.6 is 11.8 Å². The summed E-state index contributed by atoms with van der Waals surface area (Å²) in [6, 6.07) is 12.3. The van der Waals surface area contributed by atoms with Crippen molar-refractivity contribution in [2.24, 2.45) is 0 Å². The largest absolute Gasteiger partial charge is 0.356 e. The van der Waals surface area contributed by atoms with Gasteiger partial charge in [-0.1, -0.05) is 41.2 Å². The van der Waals surface area contributed by atoms with Gasteiger partial charge in [0.1, 0.15) is 5.82 Å². The molecule has 3 aromatic rings. The fourth-order valence-corrected chi connectivity index (χ4v) is 3.90. The number of carbonyl (C=O) groups is 2. The zero-order chi connectivity index (χ0) is 18.1. The minimum Gasteiger partial charge on any atom is -0.356 e. The molecule has 2 heterocycles. The standard InChI is InChI=1S/C19H15FN2O3S/c20-14-4-2-1-3-12(14)6-7-15-13-9-11(5-8-16(13)25-22-15)10-17-18(23)21-19(24)26-17/h1-5,8-9,17H,6-7,10H2,(H,21,23,24). The van der Waals surface area contributed by atoms with Crippen molar-refractivity contribution in [2.45, 2.75) is 24.5 Å². The maximum Gasteiger partial charge on any atom is 0.286 e. The molecule has 26 heavy (non-hydrogen) atoms. The molecule has 0 bridgehead atoms. The average molecular weight is 370 g/mol. The predicted molar refractivity (Wildman–Crippen MR) is 96.4 cm³/mol. The van der Waals surface area contributed by atoms with Crippen molar-refractivity contribution in [1.29, 1.82) is 0 Å². The minimum absolute atomic E-state index is 0.227. The Morgan fingerprint density at radius 1 is 1.15 bits per heavy atom. The number of rotatable bonds is 5. The Kier molecular flexibility index (Phi) is 4.46. The number of benzene rings is 2. The van der Waals surface area contributed by atoms with E-state index in [2.05, 4.69) is 10.5 Å². The lowest BCUT2D eigenvalue weighted by molar-refractivity contribution is -0.118. The molecule has 5 nitrogen and oxygen atoms in total. The van der Waals surface area contributed by atoms with Crippen LogP contribution in [-0.4, -0.2) is 21.6 Å². The van der Waals surface area contributed by atoms with E-state index in [-0.39, 0.29) is 17.0 Å². The predicted octanol–water partition coefficient (Wildman–Crippen LogP) is 3.65. The first-order valence-corrected chi connectivity index (χ1v) is 9.10. The van der Waals surface area contributed by atoms with Gasteiger partial charge in [-0.05, 0) is 48.6 Å². The van der Waals surface area contributed by atoms with E-state index < -0.39 is 5.25 Å². The Hall–Kier alpha value is -2.67. The van der Waals surface area contributed by atoms with Crippen LogP contribution in [0.3, 0.4) is 0 Å². The number of fused-ring (bicyclic) bond motifs is 1. The Bertz CT molecular complexity index is 1000. The topological polar surface area (TPSA) is 72.2 Å². The monoisotopic (exact) mass is 370 g/mol. The highest BCUT2D eigenvalue weighted by Gasteiger charge is 2.31. The van der Waals surface area contributed by atoms with E-state index in [0.29, 0.717) is 30.4 Å². The minimum atomic E-state index is -0.415. The number of aryl methyl sites for hydroxylation is 2. The molecule has 1 atom stereocenters. The summed E-state index contributed by atoms with van der Waals surface area (Å²) in [6.07, 6.45) is 1.53. The number of aromatic nitrogens is 1. The fraction of sp³-hybridized carbons (Fsp3) is 0.211. The molecule has 1 aliphatic rings. The van der Waals surface area contributed by atoms with Crippen LogP contribution in [0.25, 0.3) is 11.0 Å². The van der Waals surface area contributed by atoms with Gasteiger partial charge in [0.25, 0.3) is 5.24 Å². The number of hydrogen-bond acceptors (Lipinski definition) is 5. The molecule has 0 radical (unpaired) electrons. The molecule has 1 N–H and O–H groups in total. The van der Waals surface area contributed by atoms with Gasteiger partial charge < -0.3 is 4.52 Å². The molecule has 0 spiro atoms. The lowest BCUT2D eigenvalue weighted by Crippen LogP contribution is -2.25. The van der Waals surface area contributed by atoms with Crippen LogP contribution in [0.2, 0.25) is 0 Å². The SMILES string of the molecule is O=C1NC(=O)C(Cc2ccc3onc(CCc4ccccc4F)c3c2)S1. The summed E-state index contributed by atoms with van der Waals surface area (Å²) >= 11 is 1.01. The van der Waals surface area contributed by atoms with Gasteiger partial charge in [-0.25, -0.2) is 4.39 Å². The summed E-state index contributed by atoms with van der Waals surface area (Å²) in [5.41, 5.74) is 2.97. The normalized spacial score (nSPS) is 17.0. The average Bonchev–Trinajstić information content (AvgIpc) is 3.16. The maximum atomic E-state index is 13.8. The van der Waals surface area contributed by atoms with Crippen molar-refractivity contribution in [2.75, 3.05) is 0 Å². The van der Waals surface area contributed by atoms with E-state index >= 15 is 0 Å². The number of imide groups is 1. The van der Waals surface area contributed by atoms with Crippen LogP contribution in [0, 0.1) is 5.82 Å². The first-order valence-electron chi connectivity index (χ1n) is 8.22. The first kappa shape index (κ1) is 16.8. The number of hydrogen-bond donors (Lipinski definition) is 1. The second-order valence-electron chi connectivity index (χ2n) is 6.14. The summed E-state index contributed by atoms with van der Waals surface area (Å²) in [7, 11) is 0. The zero-order valence-electron chi connectivity index (χ0n) is 13.7. The summed E-state index contributed by atoms with van der Waals surface area (Å²) in [6.45, 7) is 0. The number of halogens is 1. The number of nitrogens with one attached hydrogen (secondary N) is 1. The van der Waals surface area contributed by atoms with Crippen molar-refractivity contribution in [3.63, 3.8) is 0 Å². The van der Waals surface area contributed by atoms with Crippen molar-refractivity contribution < 1.29 is 18.5 Å². The van der Waals surface area contributed by atoms with Crippen LogP contribution in [0.1, 0.15) is 16.8 Å². The second-order valence-corrected chi connectivity index (χ2v) is 7.31. The molecule has 0 saturated carbocycles. The van der Waals surface area contributed by atoms with Crippen LogP contribution in [0.4, 0.5) is 9.18 Å². The summed E-state index contributed by atoms with van der Waals surface area (Å²) in [5.74, 6) is -0.486. The van der Waals surface area contributed by atoms with Crippen LogP contribution in [-0.2, 0) is 24.1 Å². The molecule has 1 aromatic heterocycles. The van der Waals surface area contributed by atoms with E-state index in [4.69, 9.17) is 4.52 Å². The van der Waals surface area contributed by atoms with Gasteiger partial charge >= 0.3 is 0 Å². The molecule has 7 heteroatoms. The summed E-state index contributed by atoms with van der Waals surface area (Å²) < 4.78 is 19.1. The van der Waals surface area contributed by atoms with Gasteiger partial charge in [-0.3, -0.25) is 14.9 Å². The van der Waals surface area contributed by atoms with E-state index in [9.17, 15) is 14.0 Å². The van der Waals surface area contributed by atoms with Crippen molar-refractivity contribution in [3.8, 4) is 0 Å². The molecule has 1 fully saturated rings. The first-order chi connectivity index (χ1) is 12.6. The van der Waals surface area contributed by atoms with E-state index in [1.54, 1.807) is 12.1 Å². The van der Waals surface area contributed by atoms with Gasteiger partial charge in [0.2, 0.25) is 5.91 Å². The quantitative estimate of drug-likeness (QED) is 0.742. The molecule has 132 valence electrons. The number of carbonyl (C=O) groups excluding carboxylic acids is 2. The highest BCUT2D eigenvalue weighted by molar-refractivity contribution is 8.15. The lowest BCUT2D eigenvalue weighted by atomic mass is 10.0. The molecule has 1 saturated heterocycles. The molecule has 1 aliphatic heterocycles. The van der Waals surface area contributed by atoms with Gasteiger partial charge in [-0.15, -0.1) is 0 Å². The zero-order valence-corrected chi connectivity index (χ0v) is 14.5. The summed E-state index contributed by atoms with van der Waals surface area (Å²) in [4.78, 5) is 23.0. The third-order valence-electron chi connectivity index (χ3n) is 4.39. The third-order valence-corrected chi connectivity index (χ3v) is 5.37. The van der Waals surface area contributed by atoms with Crippen LogP contribution in [0.5, 0.6) is 0 Å². The lowest BCUT2D eigenvalue weighted by Gasteiger charge is -2.05. The Morgan fingerprint density at radius 3 is 2.77 bits per heavy atom. The molecular weight excluding hydrogens is 355 g/mol. The molecule has 4 rings (SSSR count). The van der Waals surface area contributed by atoms with Crippen LogP contribution < -0.4 is 5.32 Å². The Morgan fingerprint density at radius 2 is 2.00 bits per heavy atom.